The second-order valence-corrected chi connectivity index (χ2v) is 6.78. The lowest BCUT2D eigenvalue weighted by molar-refractivity contribution is -0.0230. The zero-order chi connectivity index (χ0) is 18.8. The molecule has 2 N–H and O–H groups in total. The summed E-state index contributed by atoms with van der Waals surface area (Å²) in [5.74, 6) is -0.0244. The van der Waals surface area contributed by atoms with Crippen molar-refractivity contribution in [1.82, 2.24) is 15.1 Å². The van der Waals surface area contributed by atoms with Gasteiger partial charge in [0, 0.05) is 17.1 Å². The quantitative estimate of drug-likeness (QED) is 0.723. The normalized spacial score (nSPS) is 17.1. The Morgan fingerprint density at radius 1 is 1.22 bits per heavy atom. The molecule has 1 atom stereocenters. The number of carbonyl (C=O) groups excluding carboxylic acids is 1. The molecular formula is C20H18ClN3O3. The molecule has 1 amide bonds. The van der Waals surface area contributed by atoms with Crippen LogP contribution in [0.25, 0.3) is 11.3 Å². The molecule has 1 saturated heterocycles. The van der Waals surface area contributed by atoms with E-state index < -0.39 is 0 Å². The van der Waals surface area contributed by atoms with Gasteiger partial charge in [-0.25, -0.2) is 0 Å². The number of phenols is 1. The minimum Gasteiger partial charge on any atom is -0.507 e. The Morgan fingerprint density at radius 2 is 2.00 bits per heavy atom. The maximum atomic E-state index is 12.9. The fourth-order valence-electron chi connectivity index (χ4n) is 3.14. The molecule has 0 saturated carbocycles. The molecule has 6 nitrogen and oxygen atoms in total. The first-order chi connectivity index (χ1) is 13.1. The molecule has 0 radical (unpaired) electrons. The molecule has 27 heavy (non-hydrogen) atoms. The van der Waals surface area contributed by atoms with Crippen molar-refractivity contribution < 1.29 is 14.6 Å². The zero-order valence-corrected chi connectivity index (χ0v) is 15.2. The molecule has 2 aromatic carbocycles. The van der Waals surface area contributed by atoms with Gasteiger partial charge in [-0.15, -0.1) is 0 Å². The molecule has 1 fully saturated rings. The van der Waals surface area contributed by atoms with Crippen LogP contribution in [-0.2, 0) is 4.74 Å². The molecule has 0 spiro atoms. The van der Waals surface area contributed by atoms with Gasteiger partial charge in [0.05, 0.1) is 18.8 Å². The van der Waals surface area contributed by atoms with E-state index in [0.717, 1.165) is 5.56 Å². The summed E-state index contributed by atoms with van der Waals surface area (Å²) in [6, 6.07) is 16.0. The molecule has 0 bridgehead atoms. The highest BCUT2D eigenvalue weighted by Crippen LogP contribution is 2.28. The van der Waals surface area contributed by atoms with Crippen LogP contribution in [0.5, 0.6) is 5.75 Å². The van der Waals surface area contributed by atoms with E-state index >= 15 is 0 Å². The van der Waals surface area contributed by atoms with Crippen LogP contribution in [0, 0.1) is 0 Å². The summed E-state index contributed by atoms with van der Waals surface area (Å²) < 4.78 is 5.81. The van der Waals surface area contributed by atoms with Crippen molar-refractivity contribution in [3.63, 3.8) is 0 Å². The molecule has 0 unspecified atom stereocenters. The average molecular weight is 384 g/mol. The van der Waals surface area contributed by atoms with Gasteiger partial charge >= 0.3 is 0 Å². The number of aromatic amines is 1. The van der Waals surface area contributed by atoms with E-state index in [2.05, 4.69) is 10.2 Å². The Morgan fingerprint density at radius 3 is 2.78 bits per heavy atom. The summed E-state index contributed by atoms with van der Waals surface area (Å²) in [5, 5.41) is 17.6. The molecule has 7 heteroatoms. The molecule has 2 heterocycles. The lowest BCUT2D eigenvalue weighted by Crippen LogP contribution is -2.42. The lowest BCUT2D eigenvalue weighted by Gasteiger charge is -2.33. The first-order valence-electron chi connectivity index (χ1n) is 8.62. The van der Waals surface area contributed by atoms with Crippen LogP contribution in [0.1, 0.15) is 22.2 Å². The standard InChI is InChI=1S/C20H18ClN3O3/c21-14-7-5-13(6-8-14)19-12-24(9-10-27-19)20(26)17-11-16(22-23-17)15-3-1-2-4-18(15)25/h1-8,11,19,25H,9-10,12H2,(H,22,23)/t19-/m1/s1. The number of nitrogens with zero attached hydrogens (tertiary/aromatic N) is 2. The zero-order valence-electron chi connectivity index (χ0n) is 14.4. The topological polar surface area (TPSA) is 78.4 Å². The van der Waals surface area contributed by atoms with E-state index in [9.17, 15) is 9.90 Å². The monoisotopic (exact) mass is 383 g/mol. The number of aromatic nitrogens is 2. The van der Waals surface area contributed by atoms with E-state index in [-0.39, 0.29) is 17.8 Å². The van der Waals surface area contributed by atoms with Gasteiger partial charge in [-0.2, -0.15) is 5.10 Å². The van der Waals surface area contributed by atoms with Crippen LogP contribution in [0.3, 0.4) is 0 Å². The molecule has 3 aromatic rings. The summed E-state index contributed by atoms with van der Waals surface area (Å²) in [4.78, 5) is 14.6. The highest BCUT2D eigenvalue weighted by Gasteiger charge is 2.27. The highest BCUT2D eigenvalue weighted by atomic mass is 35.5. The fraction of sp³-hybridized carbons (Fsp3) is 0.200. The minimum atomic E-state index is -0.194. The first-order valence-corrected chi connectivity index (χ1v) is 9.00. The molecule has 1 aliphatic rings. The maximum Gasteiger partial charge on any atom is 0.272 e. The van der Waals surface area contributed by atoms with Crippen LogP contribution >= 0.6 is 11.6 Å². The number of benzene rings is 2. The number of morpholine rings is 1. The summed E-state index contributed by atoms with van der Waals surface area (Å²) in [6.45, 7) is 1.42. The number of amides is 1. The fourth-order valence-corrected chi connectivity index (χ4v) is 3.27. The second kappa shape index (κ2) is 7.42. The van der Waals surface area contributed by atoms with Gasteiger partial charge in [0.1, 0.15) is 17.5 Å². The van der Waals surface area contributed by atoms with Crippen LogP contribution in [0.15, 0.2) is 54.6 Å². The predicted molar refractivity (Wildman–Crippen MR) is 102 cm³/mol. The van der Waals surface area contributed by atoms with Crippen molar-refractivity contribution >= 4 is 17.5 Å². The number of phenolic OH excluding ortho intramolecular Hbond substituents is 1. The van der Waals surface area contributed by atoms with Crippen LogP contribution in [0.2, 0.25) is 5.02 Å². The number of rotatable bonds is 3. The number of nitrogens with one attached hydrogen (secondary N) is 1. The molecule has 1 aromatic heterocycles. The van der Waals surface area contributed by atoms with Crippen LogP contribution in [0.4, 0.5) is 0 Å². The SMILES string of the molecule is O=C(c1cc(-c2ccccc2O)n[nH]1)N1CCO[C@@H](c2ccc(Cl)cc2)C1. The van der Waals surface area contributed by atoms with Gasteiger partial charge in [-0.1, -0.05) is 35.9 Å². The van der Waals surface area contributed by atoms with E-state index in [1.165, 1.54) is 0 Å². The molecule has 0 aliphatic carbocycles. The van der Waals surface area contributed by atoms with Gasteiger partial charge in [-0.05, 0) is 35.9 Å². The van der Waals surface area contributed by atoms with Crippen molar-refractivity contribution in [1.29, 1.82) is 0 Å². The third-order valence-corrected chi connectivity index (χ3v) is 4.84. The van der Waals surface area contributed by atoms with Gasteiger partial charge in [0.15, 0.2) is 0 Å². The number of halogens is 1. The number of hydrogen-bond acceptors (Lipinski definition) is 4. The summed E-state index contributed by atoms with van der Waals surface area (Å²) in [5.41, 5.74) is 2.47. The van der Waals surface area contributed by atoms with Crippen LogP contribution in [-0.4, -0.2) is 45.8 Å². The lowest BCUT2D eigenvalue weighted by atomic mass is 10.1. The molecular weight excluding hydrogens is 366 g/mol. The molecule has 4 rings (SSSR count). The maximum absolute atomic E-state index is 12.9. The van der Waals surface area contributed by atoms with Crippen LogP contribution < -0.4 is 0 Å². The Hall–Kier alpha value is -2.83. The predicted octanol–water partition coefficient (Wildman–Crippen LogP) is 3.65. The average Bonchev–Trinajstić information content (AvgIpc) is 3.18. The number of ether oxygens (including phenoxy) is 1. The number of para-hydroxylation sites is 1. The van der Waals surface area contributed by atoms with E-state index in [1.54, 1.807) is 29.2 Å². The van der Waals surface area contributed by atoms with Gasteiger partial charge in [-0.3, -0.25) is 9.89 Å². The van der Waals surface area contributed by atoms with E-state index in [0.29, 0.717) is 41.7 Å². The Balaban J connectivity index is 1.51. The van der Waals surface area contributed by atoms with Crippen molar-refractivity contribution in [3.05, 3.63) is 70.9 Å². The summed E-state index contributed by atoms with van der Waals surface area (Å²) in [6.07, 6.45) is -0.194. The molecule has 138 valence electrons. The Bertz CT molecular complexity index is 955. The van der Waals surface area contributed by atoms with Gasteiger partial charge in [0.2, 0.25) is 0 Å². The summed E-state index contributed by atoms with van der Waals surface area (Å²) in [7, 11) is 0. The van der Waals surface area contributed by atoms with Gasteiger partial charge in [0.25, 0.3) is 5.91 Å². The minimum absolute atomic E-state index is 0.122. The molecule has 1 aliphatic heterocycles. The summed E-state index contributed by atoms with van der Waals surface area (Å²) >= 11 is 5.94. The first kappa shape index (κ1) is 17.6. The Kier molecular flexibility index (Phi) is 4.83. The third kappa shape index (κ3) is 3.67. The van der Waals surface area contributed by atoms with E-state index in [4.69, 9.17) is 16.3 Å². The number of H-pyrrole nitrogens is 1. The van der Waals surface area contributed by atoms with E-state index in [1.807, 2.05) is 30.3 Å². The van der Waals surface area contributed by atoms with Crippen molar-refractivity contribution in [2.24, 2.45) is 0 Å². The smallest absolute Gasteiger partial charge is 0.272 e. The highest BCUT2D eigenvalue weighted by molar-refractivity contribution is 6.30. The number of aromatic hydroxyl groups is 1. The largest absolute Gasteiger partial charge is 0.507 e. The number of carbonyl (C=O) groups is 1. The van der Waals surface area contributed by atoms with Crippen molar-refractivity contribution in [2.75, 3.05) is 19.7 Å². The second-order valence-electron chi connectivity index (χ2n) is 6.35. The van der Waals surface area contributed by atoms with Crippen molar-refractivity contribution in [2.45, 2.75) is 6.10 Å². The van der Waals surface area contributed by atoms with Gasteiger partial charge < -0.3 is 14.7 Å². The Labute approximate surface area is 161 Å². The van der Waals surface area contributed by atoms with Crippen molar-refractivity contribution in [3.8, 4) is 17.0 Å². The third-order valence-electron chi connectivity index (χ3n) is 4.58. The number of hydrogen-bond donors (Lipinski definition) is 2.